The molecule has 0 spiro atoms. The van der Waals surface area contributed by atoms with E-state index in [9.17, 15) is 4.79 Å². The number of unbranched alkanes of at least 4 members (excludes halogenated alkanes) is 1. The molecule has 1 aliphatic rings. The molecule has 0 radical (unpaired) electrons. The zero-order valence-corrected chi connectivity index (χ0v) is 17.0. The third kappa shape index (κ3) is 7.12. The minimum Gasteiger partial charge on any atom is -0.494 e. The highest BCUT2D eigenvalue weighted by molar-refractivity contribution is 5.80. The number of nitrogens with zero attached hydrogens (tertiary/aromatic N) is 2. The molecule has 150 valence electrons. The van der Waals surface area contributed by atoms with Gasteiger partial charge in [-0.1, -0.05) is 25.5 Å². The molecule has 27 heavy (non-hydrogen) atoms. The fourth-order valence-corrected chi connectivity index (χ4v) is 3.31. The molecule has 6 nitrogen and oxygen atoms in total. The van der Waals surface area contributed by atoms with Gasteiger partial charge in [0, 0.05) is 40.2 Å². The molecule has 1 aliphatic heterocycles. The largest absolute Gasteiger partial charge is 0.494 e. The summed E-state index contributed by atoms with van der Waals surface area (Å²) in [6.07, 6.45) is 4.88. The summed E-state index contributed by atoms with van der Waals surface area (Å²) in [6, 6.07) is 8.23. The van der Waals surface area contributed by atoms with E-state index >= 15 is 0 Å². The Kier molecular flexibility index (Phi) is 8.95. The lowest BCUT2D eigenvalue weighted by Gasteiger charge is -2.34. The predicted molar refractivity (Wildman–Crippen MR) is 110 cm³/mol. The molecule has 2 N–H and O–H groups in total. The van der Waals surface area contributed by atoms with Crippen molar-refractivity contribution in [3.8, 4) is 5.75 Å². The van der Waals surface area contributed by atoms with E-state index in [2.05, 4.69) is 39.6 Å². The van der Waals surface area contributed by atoms with Crippen molar-refractivity contribution < 1.29 is 9.53 Å². The van der Waals surface area contributed by atoms with Gasteiger partial charge < -0.3 is 20.3 Å². The summed E-state index contributed by atoms with van der Waals surface area (Å²) in [5.74, 6) is 2.45. The van der Waals surface area contributed by atoms with Gasteiger partial charge in [-0.05, 0) is 42.9 Å². The van der Waals surface area contributed by atoms with Crippen molar-refractivity contribution in [1.82, 2.24) is 15.5 Å². The van der Waals surface area contributed by atoms with Crippen molar-refractivity contribution in [1.29, 1.82) is 0 Å². The molecule has 0 unspecified atom stereocenters. The quantitative estimate of drug-likeness (QED) is 0.417. The number of ether oxygens (including phenoxy) is 1. The van der Waals surface area contributed by atoms with Gasteiger partial charge in [0.1, 0.15) is 5.75 Å². The van der Waals surface area contributed by atoms with Gasteiger partial charge in [-0.2, -0.15) is 0 Å². The number of carbonyl (C=O) groups excluding carboxylic acids is 1. The molecule has 2 rings (SSSR count). The number of carbonyl (C=O) groups is 1. The van der Waals surface area contributed by atoms with E-state index in [4.69, 9.17) is 4.74 Å². The van der Waals surface area contributed by atoms with E-state index in [0.717, 1.165) is 63.6 Å². The summed E-state index contributed by atoms with van der Waals surface area (Å²) >= 11 is 0. The first kappa shape index (κ1) is 21.1. The average Bonchev–Trinajstić information content (AvgIpc) is 2.70. The Morgan fingerprint density at radius 3 is 2.78 bits per heavy atom. The minimum absolute atomic E-state index is 0.136. The molecule has 0 saturated carbocycles. The summed E-state index contributed by atoms with van der Waals surface area (Å²) in [5.41, 5.74) is 1.18. The number of aliphatic imine (C=N–C) groups is 1. The molecular weight excluding hydrogens is 340 g/mol. The number of guanidine groups is 1. The van der Waals surface area contributed by atoms with Crippen LogP contribution < -0.4 is 15.4 Å². The predicted octanol–water partition coefficient (Wildman–Crippen LogP) is 2.79. The average molecular weight is 375 g/mol. The van der Waals surface area contributed by atoms with Crippen LogP contribution in [0.15, 0.2) is 29.3 Å². The number of hydrogen-bond acceptors (Lipinski definition) is 3. The molecule has 1 saturated heterocycles. The number of piperidine rings is 1. The highest BCUT2D eigenvalue weighted by Crippen LogP contribution is 2.20. The Morgan fingerprint density at radius 2 is 2.11 bits per heavy atom. The van der Waals surface area contributed by atoms with Gasteiger partial charge in [-0.25, -0.2) is 0 Å². The smallest absolute Gasteiger partial charge is 0.220 e. The summed E-state index contributed by atoms with van der Waals surface area (Å²) in [6.45, 7) is 5.51. The topological polar surface area (TPSA) is 66.0 Å². The van der Waals surface area contributed by atoms with Crippen LogP contribution in [-0.4, -0.2) is 50.6 Å². The molecular formula is C21H34N4O2. The third-order valence-corrected chi connectivity index (χ3v) is 4.99. The first-order chi connectivity index (χ1) is 13.2. The maximum absolute atomic E-state index is 11.6. The van der Waals surface area contributed by atoms with E-state index < -0.39 is 0 Å². The van der Waals surface area contributed by atoms with E-state index in [-0.39, 0.29) is 5.91 Å². The standard InChI is InChI=1S/C21H34N4O2/c1-4-5-13-27-19-8-6-7-18(14-19)16-24-21(23-3)25-11-9-17(10-12-25)15-20(26)22-2/h6-8,14,17H,4-5,9-13,15-16H2,1-3H3,(H,22,26)(H,23,24). The molecule has 1 amide bonds. The fraction of sp³-hybridized carbons (Fsp3) is 0.619. The van der Waals surface area contributed by atoms with Gasteiger partial charge >= 0.3 is 0 Å². The number of amides is 1. The lowest BCUT2D eigenvalue weighted by atomic mass is 9.93. The van der Waals surface area contributed by atoms with Crippen LogP contribution in [0.3, 0.4) is 0 Å². The monoisotopic (exact) mass is 374 g/mol. The van der Waals surface area contributed by atoms with Crippen LogP contribution in [-0.2, 0) is 11.3 Å². The second-order valence-corrected chi connectivity index (χ2v) is 7.06. The van der Waals surface area contributed by atoms with Crippen molar-refractivity contribution in [3.63, 3.8) is 0 Å². The third-order valence-electron chi connectivity index (χ3n) is 4.99. The van der Waals surface area contributed by atoms with Crippen molar-refractivity contribution in [2.75, 3.05) is 33.8 Å². The van der Waals surface area contributed by atoms with Gasteiger partial charge in [0.25, 0.3) is 0 Å². The Labute approximate surface area is 163 Å². The van der Waals surface area contributed by atoms with Crippen molar-refractivity contribution >= 4 is 11.9 Å². The van der Waals surface area contributed by atoms with Crippen LogP contribution in [0.1, 0.15) is 44.6 Å². The molecule has 1 aromatic rings. The molecule has 0 bridgehead atoms. The van der Waals surface area contributed by atoms with Gasteiger partial charge in [-0.15, -0.1) is 0 Å². The lowest BCUT2D eigenvalue weighted by molar-refractivity contribution is -0.121. The van der Waals surface area contributed by atoms with Gasteiger partial charge in [0.2, 0.25) is 5.91 Å². The van der Waals surface area contributed by atoms with Gasteiger partial charge in [0.05, 0.1) is 6.61 Å². The van der Waals surface area contributed by atoms with Crippen LogP contribution in [0, 0.1) is 5.92 Å². The van der Waals surface area contributed by atoms with Crippen LogP contribution in [0.5, 0.6) is 5.75 Å². The molecule has 1 fully saturated rings. The molecule has 6 heteroatoms. The maximum atomic E-state index is 11.6. The number of likely N-dealkylation sites (tertiary alicyclic amines) is 1. The number of hydrogen-bond donors (Lipinski definition) is 2. The first-order valence-corrected chi connectivity index (χ1v) is 10.0. The minimum atomic E-state index is 0.136. The Hall–Kier alpha value is -2.24. The Balaban J connectivity index is 1.81. The van der Waals surface area contributed by atoms with E-state index in [0.29, 0.717) is 12.3 Å². The SMILES string of the molecule is CCCCOc1cccc(CNC(=NC)N2CCC(CC(=O)NC)CC2)c1. The second-order valence-electron chi connectivity index (χ2n) is 7.06. The molecule has 0 atom stereocenters. The maximum Gasteiger partial charge on any atom is 0.220 e. The van der Waals surface area contributed by atoms with E-state index in [1.165, 1.54) is 5.56 Å². The van der Waals surface area contributed by atoms with Crippen LogP contribution in [0.2, 0.25) is 0 Å². The van der Waals surface area contributed by atoms with E-state index in [1.807, 2.05) is 19.2 Å². The zero-order chi connectivity index (χ0) is 19.5. The number of benzene rings is 1. The summed E-state index contributed by atoms with van der Waals surface area (Å²) in [4.78, 5) is 18.3. The highest BCUT2D eigenvalue weighted by Gasteiger charge is 2.22. The second kappa shape index (κ2) is 11.5. The zero-order valence-electron chi connectivity index (χ0n) is 17.0. The van der Waals surface area contributed by atoms with Gasteiger partial charge in [0.15, 0.2) is 5.96 Å². The van der Waals surface area contributed by atoms with Crippen LogP contribution in [0.25, 0.3) is 0 Å². The van der Waals surface area contributed by atoms with Crippen LogP contribution in [0.4, 0.5) is 0 Å². The Bertz CT molecular complexity index is 610. The lowest BCUT2D eigenvalue weighted by Crippen LogP contribution is -2.45. The highest BCUT2D eigenvalue weighted by atomic mass is 16.5. The van der Waals surface area contributed by atoms with Gasteiger partial charge in [-0.3, -0.25) is 9.79 Å². The van der Waals surface area contributed by atoms with E-state index in [1.54, 1.807) is 7.05 Å². The Morgan fingerprint density at radius 1 is 1.33 bits per heavy atom. The van der Waals surface area contributed by atoms with Crippen molar-refractivity contribution in [3.05, 3.63) is 29.8 Å². The summed E-state index contributed by atoms with van der Waals surface area (Å²) in [7, 11) is 3.52. The molecule has 0 aromatic heterocycles. The molecule has 0 aliphatic carbocycles. The number of rotatable bonds is 8. The normalized spacial score (nSPS) is 15.5. The number of nitrogens with one attached hydrogen (secondary N) is 2. The molecule has 1 aromatic carbocycles. The summed E-state index contributed by atoms with van der Waals surface area (Å²) in [5, 5.41) is 6.18. The summed E-state index contributed by atoms with van der Waals surface area (Å²) < 4.78 is 5.79. The van der Waals surface area contributed by atoms with Crippen molar-refractivity contribution in [2.45, 2.75) is 45.6 Å². The molecule has 1 heterocycles. The first-order valence-electron chi connectivity index (χ1n) is 10.0. The van der Waals surface area contributed by atoms with Crippen LogP contribution >= 0.6 is 0 Å². The van der Waals surface area contributed by atoms with Crippen molar-refractivity contribution in [2.24, 2.45) is 10.9 Å². The fourth-order valence-electron chi connectivity index (χ4n) is 3.31.